The van der Waals surface area contributed by atoms with Crippen LogP contribution in [0.1, 0.15) is 25.7 Å². The van der Waals surface area contributed by atoms with Crippen molar-refractivity contribution in [3.8, 4) is 0 Å². The summed E-state index contributed by atoms with van der Waals surface area (Å²) in [5.41, 5.74) is 0.792. The number of hydrogen-bond donors (Lipinski definition) is 2. The maximum Gasteiger partial charge on any atom is 0.249 e. The van der Waals surface area contributed by atoms with Crippen LogP contribution >= 0.6 is 12.4 Å². The minimum absolute atomic E-state index is 0. The van der Waals surface area contributed by atoms with E-state index < -0.39 is 6.04 Å². The van der Waals surface area contributed by atoms with Crippen LogP contribution in [-0.4, -0.2) is 46.8 Å². The summed E-state index contributed by atoms with van der Waals surface area (Å²) in [6.07, 6.45) is 6.94. The molecule has 0 saturated carbocycles. The number of aromatic nitrogens is 2. The van der Waals surface area contributed by atoms with Gasteiger partial charge in [-0.15, -0.1) is 12.4 Å². The average Bonchev–Trinajstić information content (AvgIpc) is 3.12. The first-order valence-electron chi connectivity index (χ1n) is 7.49. The first kappa shape index (κ1) is 16.8. The molecule has 122 valence electrons. The number of carbonyl (C=O) groups is 2. The SMILES string of the molecule is Cl.Cn1cc(N2CCCC(NC(=O)C3CCCN3)C2=O)cn1. The van der Waals surface area contributed by atoms with Gasteiger partial charge in [0.05, 0.1) is 17.9 Å². The number of carbonyl (C=O) groups excluding carboxylic acids is 2. The number of piperidine rings is 1. The minimum atomic E-state index is -0.422. The van der Waals surface area contributed by atoms with E-state index in [2.05, 4.69) is 15.7 Å². The van der Waals surface area contributed by atoms with Gasteiger partial charge in [0.15, 0.2) is 0 Å². The second-order valence-electron chi connectivity index (χ2n) is 5.71. The molecule has 2 atom stereocenters. The summed E-state index contributed by atoms with van der Waals surface area (Å²) in [6, 6.07) is -0.569. The summed E-state index contributed by atoms with van der Waals surface area (Å²) in [5, 5.41) is 10.2. The molecule has 3 rings (SSSR count). The van der Waals surface area contributed by atoms with Crippen LogP contribution in [0.25, 0.3) is 0 Å². The fourth-order valence-corrected chi connectivity index (χ4v) is 2.99. The molecule has 7 nitrogen and oxygen atoms in total. The van der Waals surface area contributed by atoms with E-state index in [0.717, 1.165) is 31.5 Å². The number of halogens is 1. The zero-order valence-electron chi connectivity index (χ0n) is 12.6. The Bertz CT molecular complexity index is 541. The van der Waals surface area contributed by atoms with Gasteiger partial charge >= 0.3 is 0 Å². The maximum atomic E-state index is 12.5. The highest BCUT2D eigenvalue weighted by Gasteiger charge is 2.33. The lowest BCUT2D eigenvalue weighted by Gasteiger charge is -2.32. The van der Waals surface area contributed by atoms with Crippen LogP contribution in [0.2, 0.25) is 0 Å². The van der Waals surface area contributed by atoms with Gasteiger partial charge in [-0.25, -0.2) is 0 Å². The number of amides is 2. The molecule has 2 saturated heterocycles. The molecule has 0 bridgehead atoms. The summed E-state index contributed by atoms with van der Waals surface area (Å²) < 4.78 is 1.67. The molecule has 8 heteroatoms. The lowest BCUT2D eigenvalue weighted by Crippen LogP contribution is -2.55. The maximum absolute atomic E-state index is 12.5. The summed E-state index contributed by atoms with van der Waals surface area (Å²) >= 11 is 0. The lowest BCUT2D eigenvalue weighted by molar-refractivity contribution is -0.129. The van der Waals surface area contributed by atoms with E-state index in [-0.39, 0.29) is 30.3 Å². The molecule has 2 N–H and O–H groups in total. The molecule has 2 fully saturated rings. The van der Waals surface area contributed by atoms with Gasteiger partial charge in [-0.3, -0.25) is 14.3 Å². The Kier molecular flexibility index (Phi) is 5.42. The summed E-state index contributed by atoms with van der Waals surface area (Å²) in [7, 11) is 1.82. The summed E-state index contributed by atoms with van der Waals surface area (Å²) in [4.78, 5) is 26.4. The number of aryl methyl sites for hydroxylation is 1. The summed E-state index contributed by atoms with van der Waals surface area (Å²) in [5.74, 6) is -0.0977. The largest absolute Gasteiger partial charge is 0.343 e. The monoisotopic (exact) mass is 327 g/mol. The quantitative estimate of drug-likeness (QED) is 0.831. The highest BCUT2D eigenvalue weighted by molar-refractivity contribution is 6.00. The van der Waals surface area contributed by atoms with Gasteiger partial charge < -0.3 is 15.5 Å². The van der Waals surface area contributed by atoms with Crippen molar-refractivity contribution in [2.75, 3.05) is 18.0 Å². The van der Waals surface area contributed by atoms with Crippen molar-refractivity contribution >= 4 is 29.9 Å². The van der Waals surface area contributed by atoms with Crippen LogP contribution in [0, 0.1) is 0 Å². The molecule has 22 heavy (non-hydrogen) atoms. The standard InChI is InChI=1S/C14H21N5O2.ClH/c1-18-9-10(8-16-18)19-7-3-5-12(14(19)21)17-13(20)11-4-2-6-15-11;/h8-9,11-12,15H,2-7H2,1H3,(H,17,20);1H. The minimum Gasteiger partial charge on any atom is -0.343 e. The van der Waals surface area contributed by atoms with Crippen molar-refractivity contribution in [3.05, 3.63) is 12.4 Å². The molecule has 1 aromatic heterocycles. The Morgan fingerprint density at radius 2 is 2.23 bits per heavy atom. The Morgan fingerprint density at radius 1 is 1.41 bits per heavy atom. The van der Waals surface area contributed by atoms with Crippen LogP contribution in [0.5, 0.6) is 0 Å². The van der Waals surface area contributed by atoms with Crippen molar-refractivity contribution in [1.29, 1.82) is 0 Å². The predicted molar refractivity (Wildman–Crippen MR) is 85.0 cm³/mol. The van der Waals surface area contributed by atoms with Gasteiger partial charge in [0.25, 0.3) is 0 Å². The third-order valence-corrected chi connectivity index (χ3v) is 4.13. The van der Waals surface area contributed by atoms with Gasteiger partial charge in [0.2, 0.25) is 11.8 Å². The van der Waals surface area contributed by atoms with E-state index in [4.69, 9.17) is 0 Å². The van der Waals surface area contributed by atoms with Crippen LogP contribution in [0.4, 0.5) is 5.69 Å². The lowest BCUT2D eigenvalue weighted by atomic mass is 10.0. The Balaban J connectivity index is 0.00000176. The van der Waals surface area contributed by atoms with E-state index >= 15 is 0 Å². The molecule has 0 radical (unpaired) electrons. The fraction of sp³-hybridized carbons (Fsp3) is 0.643. The average molecular weight is 328 g/mol. The van der Waals surface area contributed by atoms with E-state index in [1.807, 2.05) is 13.2 Å². The second-order valence-corrected chi connectivity index (χ2v) is 5.71. The molecule has 0 spiro atoms. The number of hydrogen-bond acceptors (Lipinski definition) is 4. The van der Waals surface area contributed by atoms with Crippen molar-refractivity contribution in [1.82, 2.24) is 20.4 Å². The number of nitrogens with one attached hydrogen (secondary N) is 2. The van der Waals surface area contributed by atoms with Crippen molar-refractivity contribution in [2.45, 2.75) is 37.8 Å². The van der Waals surface area contributed by atoms with Crippen LogP contribution < -0.4 is 15.5 Å². The summed E-state index contributed by atoms with van der Waals surface area (Å²) in [6.45, 7) is 1.55. The number of rotatable bonds is 3. The van der Waals surface area contributed by atoms with Crippen molar-refractivity contribution < 1.29 is 9.59 Å². The number of anilines is 1. The molecule has 2 aliphatic heterocycles. The van der Waals surface area contributed by atoms with Crippen LogP contribution in [-0.2, 0) is 16.6 Å². The van der Waals surface area contributed by atoms with Crippen LogP contribution in [0.3, 0.4) is 0 Å². The molecule has 1 aromatic rings. The molecular formula is C14H22ClN5O2. The smallest absolute Gasteiger partial charge is 0.249 e. The highest BCUT2D eigenvalue weighted by atomic mass is 35.5. The molecule has 2 aliphatic rings. The molecule has 0 aliphatic carbocycles. The van der Waals surface area contributed by atoms with Gasteiger partial charge in [-0.1, -0.05) is 0 Å². The molecule has 3 heterocycles. The zero-order chi connectivity index (χ0) is 14.8. The van der Waals surface area contributed by atoms with E-state index in [9.17, 15) is 9.59 Å². The Morgan fingerprint density at radius 3 is 2.86 bits per heavy atom. The molecule has 0 aromatic carbocycles. The van der Waals surface area contributed by atoms with E-state index in [1.54, 1.807) is 15.8 Å². The van der Waals surface area contributed by atoms with Gasteiger partial charge in [-0.05, 0) is 32.2 Å². The Hall–Kier alpha value is -1.60. The van der Waals surface area contributed by atoms with Crippen molar-refractivity contribution in [3.63, 3.8) is 0 Å². The highest BCUT2D eigenvalue weighted by Crippen LogP contribution is 2.20. The number of nitrogens with zero attached hydrogens (tertiary/aromatic N) is 3. The molecule has 2 unspecified atom stereocenters. The predicted octanol–water partition coefficient (Wildman–Crippen LogP) is 0.206. The van der Waals surface area contributed by atoms with Crippen molar-refractivity contribution in [2.24, 2.45) is 7.05 Å². The van der Waals surface area contributed by atoms with Crippen LogP contribution in [0.15, 0.2) is 12.4 Å². The third kappa shape index (κ3) is 3.41. The van der Waals surface area contributed by atoms with Gasteiger partial charge in [-0.2, -0.15) is 5.10 Å². The Labute approximate surface area is 135 Å². The fourth-order valence-electron chi connectivity index (χ4n) is 2.99. The first-order valence-corrected chi connectivity index (χ1v) is 7.49. The topological polar surface area (TPSA) is 79.3 Å². The van der Waals surface area contributed by atoms with E-state index in [1.165, 1.54) is 0 Å². The van der Waals surface area contributed by atoms with Gasteiger partial charge in [0.1, 0.15) is 6.04 Å². The molecule has 2 amide bonds. The molecular weight excluding hydrogens is 306 g/mol. The third-order valence-electron chi connectivity index (χ3n) is 4.13. The van der Waals surface area contributed by atoms with E-state index in [0.29, 0.717) is 13.0 Å². The van der Waals surface area contributed by atoms with Gasteiger partial charge in [0, 0.05) is 19.8 Å². The normalized spacial score (nSPS) is 25.0. The first-order chi connectivity index (χ1) is 10.1. The second kappa shape index (κ2) is 7.11. The zero-order valence-corrected chi connectivity index (χ0v) is 13.4.